The van der Waals surface area contributed by atoms with Crippen molar-refractivity contribution in [3.63, 3.8) is 0 Å². The van der Waals surface area contributed by atoms with E-state index in [0.717, 1.165) is 56.0 Å². The molecule has 114 valence electrons. The van der Waals surface area contributed by atoms with Crippen molar-refractivity contribution in [1.29, 1.82) is 0 Å². The van der Waals surface area contributed by atoms with E-state index in [1.165, 1.54) is 5.69 Å². The van der Waals surface area contributed by atoms with Gasteiger partial charge in [0.1, 0.15) is 0 Å². The fourth-order valence-electron chi connectivity index (χ4n) is 2.58. The topological polar surface area (TPSA) is 42.3 Å². The van der Waals surface area contributed by atoms with Crippen molar-refractivity contribution >= 4 is 15.9 Å². The van der Waals surface area contributed by atoms with Crippen LogP contribution in [0.4, 0.5) is 0 Å². The molecule has 0 radical (unpaired) electrons. The summed E-state index contributed by atoms with van der Waals surface area (Å²) in [5.74, 6) is 0. The van der Waals surface area contributed by atoms with Gasteiger partial charge in [0.25, 0.3) is 0 Å². The van der Waals surface area contributed by atoms with E-state index in [1.807, 2.05) is 11.7 Å². The molecule has 0 aliphatic carbocycles. The van der Waals surface area contributed by atoms with Crippen LogP contribution in [0.5, 0.6) is 0 Å². The van der Waals surface area contributed by atoms with Gasteiger partial charge in [-0.2, -0.15) is 5.10 Å². The predicted octanol–water partition coefficient (Wildman–Crippen LogP) is 1.56. The van der Waals surface area contributed by atoms with E-state index in [9.17, 15) is 0 Å². The summed E-state index contributed by atoms with van der Waals surface area (Å²) in [6.07, 6.45) is 0.957. The Balaban J connectivity index is 2.08. The van der Waals surface area contributed by atoms with Gasteiger partial charge in [0.15, 0.2) is 0 Å². The van der Waals surface area contributed by atoms with Crippen LogP contribution in [0.3, 0.4) is 0 Å². The largest absolute Gasteiger partial charge is 0.378 e. The van der Waals surface area contributed by atoms with Gasteiger partial charge in [0.2, 0.25) is 0 Å². The molecule has 6 heteroatoms. The van der Waals surface area contributed by atoms with Crippen LogP contribution in [0.1, 0.15) is 25.2 Å². The second-order valence-corrected chi connectivity index (χ2v) is 5.98. The Hall–Kier alpha value is -0.430. The lowest BCUT2D eigenvalue weighted by Crippen LogP contribution is -2.50. The van der Waals surface area contributed by atoms with Gasteiger partial charge in [-0.05, 0) is 28.9 Å². The maximum atomic E-state index is 5.62. The number of rotatable bonds is 6. The normalized spacial score (nSPS) is 20.5. The highest BCUT2D eigenvalue weighted by molar-refractivity contribution is 9.10. The molecular weight excluding hydrogens is 320 g/mol. The zero-order chi connectivity index (χ0) is 14.5. The van der Waals surface area contributed by atoms with Crippen LogP contribution < -0.4 is 5.32 Å². The molecule has 0 bridgehead atoms. The van der Waals surface area contributed by atoms with Gasteiger partial charge in [-0.25, -0.2) is 0 Å². The van der Waals surface area contributed by atoms with Crippen molar-refractivity contribution in [3.8, 4) is 0 Å². The van der Waals surface area contributed by atoms with Gasteiger partial charge in [0.05, 0.1) is 29.1 Å². The van der Waals surface area contributed by atoms with Crippen LogP contribution in [0, 0.1) is 0 Å². The Kier molecular flexibility index (Phi) is 6.01. The van der Waals surface area contributed by atoms with Crippen LogP contribution in [0.25, 0.3) is 0 Å². The molecule has 1 aliphatic heterocycles. The number of hydrogen-bond acceptors (Lipinski definition) is 4. The average molecular weight is 345 g/mol. The van der Waals surface area contributed by atoms with Crippen LogP contribution in [0.15, 0.2) is 4.47 Å². The van der Waals surface area contributed by atoms with Crippen LogP contribution in [-0.2, 0) is 24.8 Å². The van der Waals surface area contributed by atoms with Gasteiger partial charge < -0.3 is 10.1 Å². The SMILES string of the molecule is CCNCC1COCCN1Cc1c(Br)c(CC)nn1C. The fourth-order valence-corrected chi connectivity index (χ4v) is 3.32. The summed E-state index contributed by atoms with van der Waals surface area (Å²) < 4.78 is 8.78. The molecule has 1 aromatic heterocycles. The van der Waals surface area contributed by atoms with E-state index in [4.69, 9.17) is 4.74 Å². The molecule has 2 heterocycles. The Morgan fingerprint density at radius 1 is 1.45 bits per heavy atom. The molecule has 1 atom stereocenters. The van der Waals surface area contributed by atoms with Gasteiger partial charge >= 0.3 is 0 Å². The van der Waals surface area contributed by atoms with E-state index >= 15 is 0 Å². The zero-order valence-corrected chi connectivity index (χ0v) is 14.2. The first-order valence-corrected chi connectivity index (χ1v) is 8.19. The number of likely N-dealkylation sites (N-methyl/N-ethyl adjacent to an activating group) is 1. The number of nitrogens with zero attached hydrogens (tertiary/aromatic N) is 3. The second-order valence-electron chi connectivity index (χ2n) is 5.19. The van der Waals surface area contributed by atoms with Gasteiger partial charge in [-0.3, -0.25) is 9.58 Å². The minimum atomic E-state index is 0.440. The first kappa shape index (κ1) is 15.9. The van der Waals surface area contributed by atoms with E-state index in [1.54, 1.807) is 0 Å². The molecule has 1 unspecified atom stereocenters. The number of ether oxygens (including phenoxy) is 1. The Labute approximate surface area is 129 Å². The first-order chi connectivity index (χ1) is 9.67. The van der Waals surface area contributed by atoms with Crippen molar-refractivity contribution in [1.82, 2.24) is 20.0 Å². The lowest BCUT2D eigenvalue weighted by molar-refractivity contribution is -0.0118. The predicted molar refractivity (Wildman–Crippen MR) is 83.8 cm³/mol. The molecule has 1 saturated heterocycles. The molecule has 1 fully saturated rings. The average Bonchev–Trinajstić information content (AvgIpc) is 2.73. The van der Waals surface area contributed by atoms with Crippen molar-refractivity contribution in [2.45, 2.75) is 32.9 Å². The number of nitrogens with one attached hydrogen (secondary N) is 1. The van der Waals surface area contributed by atoms with Crippen LogP contribution >= 0.6 is 15.9 Å². The smallest absolute Gasteiger partial charge is 0.0767 e. The molecule has 1 aromatic rings. The summed E-state index contributed by atoms with van der Waals surface area (Å²) in [6, 6.07) is 0.440. The second kappa shape index (κ2) is 7.54. The third kappa shape index (κ3) is 3.61. The summed E-state index contributed by atoms with van der Waals surface area (Å²) in [5.41, 5.74) is 2.39. The summed E-state index contributed by atoms with van der Waals surface area (Å²) in [4.78, 5) is 2.49. The molecule has 0 spiro atoms. The van der Waals surface area contributed by atoms with Crippen molar-refractivity contribution < 1.29 is 4.74 Å². The molecule has 0 saturated carbocycles. The number of halogens is 1. The third-order valence-corrected chi connectivity index (χ3v) is 4.75. The maximum Gasteiger partial charge on any atom is 0.0767 e. The van der Waals surface area contributed by atoms with E-state index in [0.29, 0.717) is 6.04 Å². The van der Waals surface area contributed by atoms with Gasteiger partial charge in [-0.15, -0.1) is 0 Å². The number of morpholine rings is 1. The lowest BCUT2D eigenvalue weighted by atomic mass is 10.2. The van der Waals surface area contributed by atoms with Crippen LogP contribution in [-0.4, -0.2) is 53.6 Å². The minimum Gasteiger partial charge on any atom is -0.378 e. The molecule has 20 heavy (non-hydrogen) atoms. The van der Waals surface area contributed by atoms with E-state index < -0.39 is 0 Å². The third-order valence-electron chi connectivity index (χ3n) is 3.84. The summed E-state index contributed by atoms with van der Waals surface area (Å²) in [7, 11) is 2.03. The number of hydrogen-bond donors (Lipinski definition) is 1. The van der Waals surface area contributed by atoms with Crippen molar-refractivity contribution in [3.05, 3.63) is 15.9 Å². The monoisotopic (exact) mass is 344 g/mol. The van der Waals surface area contributed by atoms with Crippen molar-refractivity contribution in [2.24, 2.45) is 7.05 Å². The number of aryl methyl sites for hydroxylation is 2. The standard InChI is InChI=1S/C14H25BrN4O/c1-4-12-14(15)13(18(3)17-12)9-19-6-7-20-10-11(19)8-16-5-2/h11,16H,4-10H2,1-3H3. The van der Waals surface area contributed by atoms with E-state index in [2.05, 4.69) is 45.1 Å². The quantitative estimate of drug-likeness (QED) is 0.850. The van der Waals surface area contributed by atoms with E-state index in [-0.39, 0.29) is 0 Å². The molecule has 1 aliphatic rings. The molecule has 2 rings (SSSR count). The molecule has 0 aromatic carbocycles. The summed E-state index contributed by atoms with van der Waals surface area (Å²) >= 11 is 3.70. The molecule has 1 N–H and O–H groups in total. The zero-order valence-electron chi connectivity index (χ0n) is 12.7. The Bertz CT molecular complexity index is 435. The highest BCUT2D eigenvalue weighted by atomic mass is 79.9. The maximum absolute atomic E-state index is 5.62. The van der Waals surface area contributed by atoms with Crippen LogP contribution in [0.2, 0.25) is 0 Å². The van der Waals surface area contributed by atoms with Gasteiger partial charge in [-0.1, -0.05) is 13.8 Å². The Morgan fingerprint density at radius 2 is 2.25 bits per heavy atom. The molecular formula is C14H25BrN4O. The summed E-state index contributed by atoms with van der Waals surface area (Å²) in [6.45, 7) is 9.78. The fraction of sp³-hybridized carbons (Fsp3) is 0.786. The minimum absolute atomic E-state index is 0.440. The molecule has 0 amide bonds. The highest BCUT2D eigenvalue weighted by Gasteiger charge is 2.25. The summed E-state index contributed by atoms with van der Waals surface area (Å²) in [5, 5.41) is 8.00. The lowest BCUT2D eigenvalue weighted by Gasteiger charge is -2.35. The molecule has 5 nitrogen and oxygen atoms in total. The Morgan fingerprint density at radius 3 is 2.90 bits per heavy atom. The number of aromatic nitrogens is 2. The highest BCUT2D eigenvalue weighted by Crippen LogP contribution is 2.24. The first-order valence-electron chi connectivity index (χ1n) is 7.40. The van der Waals surface area contributed by atoms with Gasteiger partial charge in [0, 0.05) is 32.7 Å². The van der Waals surface area contributed by atoms with Crippen molar-refractivity contribution in [2.75, 3.05) is 32.8 Å².